The lowest BCUT2D eigenvalue weighted by atomic mass is 9.95. The van der Waals surface area contributed by atoms with Gasteiger partial charge in [0.05, 0.1) is 12.2 Å². The van der Waals surface area contributed by atoms with Gasteiger partial charge >= 0.3 is 6.03 Å². The molecule has 1 fully saturated rings. The molecule has 136 valence electrons. The van der Waals surface area contributed by atoms with Crippen LogP contribution in [0.3, 0.4) is 0 Å². The molecule has 0 spiro atoms. The second kappa shape index (κ2) is 6.19. The van der Waals surface area contributed by atoms with Crippen LogP contribution in [0.1, 0.15) is 30.0 Å². The molecule has 4 heterocycles. The zero-order valence-electron chi connectivity index (χ0n) is 14.4. The normalized spacial score (nSPS) is 20.4. The molecule has 2 aromatic heterocycles. The predicted molar refractivity (Wildman–Crippen MR) is 96.5 cm³/mol. The first-order chi connectivity index (χ1) is 13.2. The Morgan fingerprint density at radius 3 is 2.85 bits per heavy atom. The van der Waals surface area contributed by atoms with Gasteiger partial charge in [-0.3, -0.25) is 0 Å². The number of carbonyl (C=O) groups is 1. The number of hydrogen-bond acceptors (Lipinski definition) is 4. The molecular formula is C20H17FN4O2. The lowest BCUT2D eigenvalue weighted by Crippen LogP contribution is -2.44. The van der Waals surface area contributed by atoms with E-state index in [1.54, 1.807) is 6.20 Å². The van der Waals surface area contributed by atoms with Gasteiger partial charge < -0.3 is 14.6 Å². The van der Waals surface area contributed by atoms with Gasteiger partial charge in [-0.2, -0.15) is 4.39 Å². The lowest BCUT2D eigenvalue weighted by Gasteiger charge is -2.36. The number of amides is 2. The average Bonchev–Trinajstić information content (AvgIpc) is 3.31. The van der Waals surface area contributed by atoms with E-state index >= 15 is 0 Å². The molecule has 2 unspecified atom stereocenters. The van der Waals surface area contributed by atoms with Crippen LogP contribution >= 0.6 is 0 Å². The van der Waals surface area contributed by atoms with Crippen LogP contribution in [-0.4, -0.2) is 26.9 Å². The first kappa shape index (κ1) is 16.0. The van der Waals surface area contributed by atoms with Crippen LogP contribution in [-0.2, 0) is 6.42 Å². The van der Waals surface area contributed by atoms with Gasteiger partial charge in [0.2, 0.25) is 5.95 Å². The number of pyridine rings is 1. The number of urea groups is 1. The van der Waals surface area contributed by atoms with E-state index in [0.717, 1.165) is 24.0 Å². The molecule has 2 bridgehead atoms. The van der Waals surface area contributed by atoms with Crippen LogP contribution in [0.4, 0.5) is 14.9 Å². The van der Waals surface area contributed by atoms with E-state index in [9.17, 15) is 9.18 Å². The monoisotopic (exact) mass is 364 g/mol. The van der Waals surface area contributed by atoms with Gasteiger partial charge in [-0.1, -0.05) is 0 Å². The van der Waals surface area contributed by atoms with E-state index in [0.29, 0.717) is 23.4 Å². The Morgan fingerprint density at radius 2 is 2.07 bits per heavy atom. The van der Waals surface area contributed by atoms with Gasteiger partial charge in [0.25, 0.3) is 0 Å². The molecule has 2 amide bonds. The third-order valence-corrected chi connectivity index (χ3v) is 5.43. The van der Waals surface area contributed by atoms with Gasteiger partial charge in [0.1, 0.15) is 0 Å². The number of rotatable bonds is 2. The first-order valence-corrected chi connectivity index (χ1v) is 8.92. The minimum absolute atomic E-state index is 0.00895. The molecule has 1 N–H and O–H groups in total. The number of fused-ring (bicyclic) bond motifs is 4. The highest BCUT2D eigenvalue weighted by atomic mass is 19.1. The minimum Gasteiger partial charge on any atom is -0.444 e. The van der Waals surface area contributed by atoms with Crippen LogP contribution in [0.5, 0.6) is 0 Å². The number of nitrogens with one attached hydrogen (secondary N) is 1. The molecule has 27 heavy (non-hydrogen) atoms. The number of oxazole rings is 1. The molecule has 5 rings (SSSR count). The van der Waals surface area contributed by atoms with Crippen molar-refractivity contribution in [3.8, 4) is 11.3 Å². The molecule has 7 heteroatoms. The molecular weight excluding hydrogens is 347 g/mol. The van der Waals surface area contributed by atoms with Crippen molar-refractivity contribution in [2.45, 2.75) is 31.3 Å². The van der Waals surface area contributed by atoms with Crippen LogP contribution in [0.15, 0.2) is 53.5 Å². The zero-order chi connectivity index (χ0) is 18.4. The molecule has 0 radical (unpaired) electrons. The number of carbonyl (C=O) groups excluding carboxylic acids is 1. The maximum Gasteiger partial charge on any atom is 0.322 e. The van der Waals surface area contributed by atoms with Crippen molar-refractivity contribution in [3.05, 3.63) is 66.2 Å². The van der Waals surface area contributed by atoms with E-state index < -0.39 is 5.95 Å². The molecule has 2 aliphatic rings. The van der Waals surface area contributed by atoms with Gasteiger partial charge in [-0.15, -0.1) is 0 Å². The average molecular weight is 364 g/mol. The summed E-state index contributed by atoms with van der Waals surface area (Å²) >= 11 is 0. The number of nitrogens with zero attached hydrogens (tertiary/aromatic N) is 3. The maximum absolute atomic E-state index is 14.0. The lowest BCUT2D eigenvalue weighted by molar-refractivity contribution is 0.178. The van der Waals surface area contributed by atoms with Crippen molar-refractivity contribution < 1.29 is 13.6 Å². The molecule has 0 aliphatic carbocycles. The quantitative estimate of drug-likeness (QED) is 0.693. The molecule has 1 aromatic carbocycles. The molecule has 2 aliphatic heterocycles. The summed E-state index contributed by atoms with van der Waals surface area (Å²) < 4.78 is 19.3. The highest BCUT2D eigenvalue weighted by molar-refractivity contribution is 5.90. The maximum atomic E-state index is 14.0. The molecule has 2 atom stereocenters. The second-order valence-corrected chi connectivity index (χ2v) is 6.90. The zero-order valence-corrected chi connectivity index (χ0v) is 14.4. The molecule has 3 aromatic rings. The third-order valence-electron chi connectivity index (χ3n) is 5.43. The SMILES string of the molecule is O=C(Nc1ccc(-c2cnco2)cc1)N1C2CCC1c1ccnc(F)c1C2. The Labute approximate surface area is 155 Å². The summed E-state index contributed by atoms with van der Waals surface area (Å²) in [6.45, 7) is 0. The Balaban J connectivity index is 1.36. The Kier molecular flexibility index (Phi) is 3.67. The summed E-state index contributed by atoms with van der Waals surface area (Å²) in [6.07, 6.45) is 6.74. The van der Waals surface area contributed by atoms with Crippen LogP contribution in [0, 0.1) is 5.95 Å². The fraction of sp³-hybridized carbons (Fsp3) is 0.250. The number of halogens is 1. The minimum atomic E-state index is -0.410. The number of benzene rings is 1. The van der Waals surface area contributed by atoms with Gasteiger partial charge in [0, 0.05) is 29.1 Å². The smallest absolute Gasteiger partial charge is 0.322 e. The standard InChI is InChI=1S/C20H17FN4O2/c21-19-16-9-14-5-6-17(15(16)7-8-23-19)25(14)20(26)24-13-3-1-12(2-4-13)18-10-22-11-27-18/h1-4,7-8,10-11,14,17H,5-6,9H2,(H,24,26). The van der Waals surface area contributed by atoms with Gasteiger partial charge in [-0.05, 0) is 55.2 Å². The summed E-state index contributed by atoms with van der Waals surface area (Å²) in [6, 6.07) is 9.00. The number of aromatic nitrogens is 2. The van der Waals surface area contributed by atoms with Crippen molar-refractivity contribution >= 4 is 11.7 Å². The Hall–Kier alpha value is -3.22. The summed E-state index contributed by atoms with van der Waals surface area (Å²) in [5.74, 6) is 0.265. The second-order valence-electron chi connectivity index (χ2n) is 6.90. The Bertz CT molecular complexity index is 988. The largest absolute Gasteiger partial charge is 0.444 e. The molecule has 1 saturated heterocycles. The van der Waals surface area contributed by atoms with Crippen molar-refractivity contribution in [2.24, 2.45) is 0 Å². The van der Waals surface area contributed by atoms with Crippen molar-refractivity contribution in [2.75, 3.05) is 5.32 Å². The highest BCUT2D eigenvalue weighted by Crippen LogP contribution is 2.44. The van der Waals surface area contributed by atoms with E-state index in [2.05, 4.69) is 15.3 Å². The number of anilines is 1. The first-order valence-electron chi connectivity index (χ1n) is 8.92. The fourth-order valence-electron chi connectivity index (χ4n) is 4.19. The number of hydrogen-bond donors (Lipinski definition) is 1. The fourth-order valence-corrected chi connectivity index (χ4v) is 4.19. The predicted octanol–water partition coefficient (Wildman–Crippen LogP) is 4.17. The van der Waals surface area contributed by atoms with Crippen LogP contribution in [0.25, 0.3) is 11.3 Å². The van der Waals surface area contributed by atoms with Crippen molar-refractivity contribution in [1.29, 1.82) is 0 Å². The van der Waals surface area contributed by atoms with Crippen molar-refractivity contribution in [1.82, 2.24) is 14.9 Å². The molecule has 6 nitrogen and oxygen atoms in total. The Morgan fingerprint density at radius 1 is 1.22 bits per heavy atom. The third kappa shape index (κ3) is 2.66. The van der Waals surface area contributed by atoms with Gasteiger partial charge in [-0.25, -0.2) is 14.8 Å². The van der Waals surface area contributed by atoms with E-state index in [4.69, 9.17) is 4.42 Å². The van der Waals surface area contributed by atoms with Crippen molar-refractivity contribution in [3.63, 3.8) is 0 Å². The topological polar surface area (TPSA) is 71.3 Å². The highest BCUT2D eigenvalue weighted by Gasteiger charge is 2.43. The summed E-state index contributed by atoms with van der Waals surface area (Å²) in [5, 5.41) is 2.96. The summed E-state index contributed by atoms with van der Waals surface area (Å²) in [5.41, 5.74) is 3.13. The van der Waals surface area contributed by atoms with Crippen LogP contribution < -0.4 is 5.32 Å². The molecule has 0 saturated carbocycles. The van der Waals surface area contributed by atoms with Gasteiger partial charge in [0.15, 0.2) is 12.2 Å². The van der Waals surface area contributed by atoms with Crippen LogP contribution in [0.2, 0.25) is 0 Å². The summed E-state index contributed by atoms with van der Waals surface area (Å²) in [7, 11) is 0. The van der Waals surface area contributed by atoms with E-state index in [-0.39, 0.29) is 18.1 Å². The van der Waals surface area contributed by atoms with E-state index in [1.165, 1.54) is 12.6 Å². The summed E-state index contributed by atoms with van der Waals surface area (Å²) in [4.78, 5) is 22.4. The van der Waals surface area contributed by atoms with E-state index in [1.807, 2.05) is 35.2 Å².